The van der Waals surface area contributed by atoms with Crippen LogP contribution in [0.2, 0.25) is 0 Å². The first-order valence-corrected chi connectivity index (χ1v) is 9.74. The summed E-state index contributed by atoms with van der Waals surface area (Å²) in [6.45, 7) is 1.58. The molecule has 4 heterocycles. The minimum Gasteiger partial charge on any atom is -0.481 e. The lowest BCUT2D eigenvalue weighted by molar-refractivity contribution is -0.114. The molecule has 4 aromatic heterocycles. The first-order chi connectivity index (χ1) is 15.4. The zero-order valence-electron chi connectivity index (χ0n) is 17.4. The number of hydrogen-bond acceptors (Lipinski definition) is 6. The highest BCUT2D eigenvalue weighted by Crippen LogP contribution is 2.24. The van der Waals surface area contributed by atoms with Crippen LogP contribution in [0.25, 0.3) is 11.0 Å². The number of ether oxygens (including phenoxy) is 1. The monoisotopic (exact) mass is 438 g/mol. The van der Waals surface area contributed by atoms with Crippen molar-refractivity contribution < 1.29 is 18.3 Å². The van der Waals surface area contributed by atoms with Crippen molar-refractivity contribution in [2.45, 2.75) is 19.9 Å². The Kier molecular flexibility index (Phi) is 5.93. The number of carbonyl (C=O) groups excluding carboxylic acids is 1. The van der Waals surface area contributed by atoms with E-state index in [9.17, 15) is 13.6 Å². The quantitative estimate of drug-likeness (QED) is 0.379. The Hall–Kier alpha value is -4.08. The summed E-state index contributed by atoms with van der Waals surface area (Å²) in [5.41, 5.74) is 2.90. The molecule has 0 aliphatic rings. The van der Waals surface area contributed by atoms with Gasteiger partial charge in [0.1, 0.15) is 17.3 Å². The van der Waals surface area contributed by atoms with Crippen molar-refractivity contribution in [2.24, 2.45) is 0 Å². The number of amides is 1. The molecular formula is C22H20F2N6O2. The number of hydrogen-bond donors (Lipinski definition) is 3. The van der Waals surface area contributed by atoms with Crippen LogP contribution in [0.5, 0.6) is 5.88 Å². The summed E-state index contributed by atoms with van der Waals surface area (Å²) in [6, 6.07) is 6.37. The Labute approximate surface area is 182 Å². The van der Waals surface area contributed by atoms with Crippen LogP contribution in [0.1, 0.15) is 23.6 Å². The molecule has 32 heavy (non-hydrogen) atoms. The third-order valence-electron chi connectivity index (χ3n) is 4.79. The Balaban J connectivity index is 1.50. The fourth-order valence-electron chi connectivity index (χ4n) is 3.34. The summed E-state index contributed by atoms with van der Waals surface area (Å²) in [5.74, 6) is -0.742. The maximum atomic E-state index is 14.7. The third-order valence-corrected chi connectivity index (χ3v) is 4.79. The topological polar surface area (TPSA) is 105 Å². The van der Waals surface area contributed by atoms with Gasteiger partial charge in [0, 0.05) is 42.6 Å². The highest BCUT2D eigenvalue weighted by molar-refractivity contribution is 5.92. The molecule has 0 aliphatic carbocycles. The van der Waals surface area contributed by atoms with Crippen molar-refractivity contribution in [3.05, 3.63) is 71.3 Å². The van der Waals surface area contributed by atoms with Crippen molar-refractivity contribution in [1.82, 2.24) is 19.9 Å². The SMILES string of the molecule is COc1ncc(F)cc1CNc1ccc(Cc2c[nH]c3ncc(NC(C)=O)cc23)c(F)n1. The van der Waals surface area contributed by atoms with Gasteiger partial charge in [0.2, 0.25) is 17.7 Å². The predicted octanol–water partition coefficient (Wildman–Crippen LogP) is 3.80. The molecule has 4 rings (SSSR count). The number of carbonyl (C=O) groups is 1. The molecule has 3 N–H and O–H groups in total. The molecule has 0 saturated carbocycles. The van der Waals surface area contributed by atoms with Gasteiger partial charge in [0.15, 0.2) is 0 Å². The summed E-state index contributed by atoms with van der Waals surface area (Å²) >= 11 is 0. The number of rotatable bonds is 7. The highest BCUT2D eigenvalue weighted by atomic mass is 19.1. The van der Waals surface area contributed by atoms with Gasteiger partial charge >= 0.3 is 0 Å². The van der Waals surface area contributed by atoms with Crippen LogP contribution < -0.4 is 15.4 Å². The maximum absolute atomic E-state index is 14.7. The van der Waals surface area contributed by atoms with Crippen molar-refractivity contribution in [3.8, 4) is 5.88 Å². The molecule has 0 saturated heterocycles. The number of aromatic amines is 1. The average molecular weight is 438 g/mol. The highest BCUT2D eigenvalue weighted by Gasteiger charge is 2.12. The molecule has 0 atom stereocenters. The zero-order chi connectivity index (χ0) is 22.7. The van der Waals surface area contributed by atoms with Crippen LogP contribution in [-0.2, 0) is 17.8 Å². The molecule has 164 valence electrons. The van der Waals surface area contributed by atoms with Crippen LogP contribution in [0.15, 0.2) is 42.9 Å². The zero-order valence-corrected chi connectivity index (χ0v) is 17.4. The molecule has 0 spiro atoms. The Morgan fingerprint density at radius 3 is 2.72 bits per heavy atom. The summed E-state index contributed by atoms with van der Waals surface area (Å²) in [6.07, 6.45) is 4.65. The minimum atomic E-state index is -0.625. The smallest absolute Gasteiger partial charge is 0.221 e. The molecule has 4 aromatic rings. The number of nitrogens with zero attached hydrogens (tertiary/aromatic N) is 3. The van der Waals surface area contributed by atoms with E-state index in [-0.39, 0.29) is 24.8 Å². The summed E-state index contributed by atoms with van der Waals surface area (Å²) < 4.78 is 33.3. The number of nitrogens with one attached hydrogen (secondary N) is 3. The summed E-state index contributed by atoms with van der Waals surface area (Å²) in [7, 11) is 1.44. The van der Waals surface area contributed by atoms with Crippen molar-refractivity contribution in [3.63, 3.8) is 0 Å². The molecule has 0 unspecified atom stereocenters. The van der Waals surface area contributed by atoms with E-state index in [1.165, 1.54) is 20.1 Å². The average Bonchev–Trinajstić information content (AvgIpc) is 3.15. The van der Waals surface area contributed by atoms with Gasteiger partial charge in [-0.1, -0.05) is 6.07 Å². The van der Waals surface area contributed by atoms with Gasteiger partial charge in [-0.3, -0.25) is 4.79 Å². The second-order valence-corrected chi connectivity index (χ2v) is 7.11. The van der Waals surface area contributed by atoms with Crippen molar-refractivity contribution in [2.75, 3.05) is 17.7 Å². The standard InChI is InChI=1S/C22H20F2N6O2/c1-12(31)29-17-7-18-14(8-26-21(18)27-11-17)5-13-3-4-19(30-20(13)24)25-9-15-6-16(23)10-28-22(15)32-2/h3-4,6-8,10-11H,5,9H2,1-2H3,(H,25,30)(H,26,27)(H,29,31). The third kappa shape index (κ3) is 4.64. The van der Waals surface area contributed by atoms with Crippen LogP contribution in [0, 0.1) is 11.8 Å². The lowest BCUT2D eigenvalue weighted by Gasteiger charge is -2.10. The summed E-state index contributed by atoms with van der Waals surface area (Å²) in [5, 5.41) is 6.42. The van der Waals surface area contributed by atoms with Crippen LogP contribution in [-0.4, -0.2) is 33.0 Å². The molecule has 10 heteroatoms. The van der Waals surface area contributed by atoms with E-state index in [1.54, 1.807) is 30.6 Å². The van der Waals surface area contributed by atoms with Gasteiger partial charge < -0.3 is 20.4 Å². The molecular weight excluding hydrogens is 418 g/mol. The van der Waals surface area contributed by atoms with E-state index < -0.39 is 11.8 Å². The lowest BCUT2D eigenvalue weighted by Crippen LogP contribution is -2.07. The number of H-pyrrole nitrogens is 1. The van der Waals surface area contributed by atoms with E-state index in [0.29, 0.717) is 28.3 Å². The maximum Gasteiger partial charge on any atom is 0.221 e. The molecule has 1 amide bonds. The Bertz CT molecular complexity index is 1290. The van der Waals surface area contributed by atoms with Gasteiger partial charge in [-0.2, -0.15) is 4.39 Å². The predicted molar refractivity (Wildman–Crippen MR) is 115 cm³/mol. The number of anilines is 2. The summed E-state index contributed by atoms with van der Waals surface area (Å²) in [4.78, 5) is 26.5. The fraction of sp³-hybridized carbons (Fsp3) is 0.182. The van der Waals surface area contributed by atoms with Gasteiger partial charge in [0.05, 0.1) is 25.2 Å². The van der Waals surface area contributed by atoms with Gasteiger partial charge in [-0.15, -0.1) is 0 Å². The first-order valence-electron chi connectivity index (χ1n) is 9.74. The number of pyridine rings is 3. The van der Waals surface area contributed by atoms with Crippen molar-refractivity contribution in [1.29, 1.82) is 0 Å². The molecule has 0 radical (unpaired) electrons. The van der Waals surface area contributed by atoms with E-state index in [4.69, 9.17) is 4.74 Å². The second kappa shape index (κ2) is 8.96. The molecule has 0 aliphatic heterocycles. The van der Waals surface area contributed by atoms with Crippen LogP contribution in [0.4, 0.5) is 20.3 Å². The van der Waals surface area contributed by atoms with E-state index in [1.807, 2.05) is 0 Å². The largest absolute Gasteiger partial charge is 0.481 e. The molecule has 0 aromatic carbocycles. The normalized spacial score (nSPS) is 10.9. The lowest BCUT2D eigenvalue weighted by atomic mass is 10.1. The van der Waals surface area contributed by atoms with Gasteiger partial charge in [-0.05, 0) is 23.8 Å². The minimum absolute atomic E-state index is 0.166. The Morgan fingerprint density at radius 1 is 1.12 bits per heavy atom. The molecule has 8 nitrogen and oxygen atoms in total. The van der Waals surface area contributed by atoms with Crippen molar-refractivity contribution >= 4 is 28.4 Å². The van der Waals surface area contributed by atoms with Crippen LogP contribution in [0.3, 0.4) is 0 Å². The number of methoxy groups -OCH3 is 1. The number of halogens is 2. The number of fused-ring (bicyclic) bond motifs is 1. The number of aromatic nitrogens is 4. The van der Waals surface area contributed by atoms with E-state index in [2.05, 4.69) is 30.6 Å². The molecule has 0 fully saturated rings. The van der Waals surface area contributed by atoms with Gasteiger partial charge in [0.25, 0.3) is 0 Å². The Morgan fingerprint density at radius 2 is 1.97 bits per heavy atom. The fourth-order valence-corrected chi connectivity index (χ4v) is 3.34. The van der Waals surface area contributed by atoms with E-state index >= 15 is 0 Å². The first kappa shape index (κ1) is 21.2. The van der Waals surface area contributed by atoms with E-state index in [0.717, 1.165) is 17.1 Å². The molecule has 0 bridgehead atoms. The second-order valence-electron chi connectivity index (χ2n) is 7.11. The van der Waals surface area contributed by atoms with Gasteiger partial charge in [-0.25, -0.2) is 19.3 Å². The van der Waals surface area contributed by atoms with Crippen LogP contribution >= 0.6 is 0 Å².